The average molecular weight is 328 g/mol. The van der Waals surface area contributed by atoms with E-state index in [2.05, 4.69) is 35.7 Å². The Morgan fingerprint density at radius 1 is 1.26 bits per heavy atom. The van der Waals surface area contributed by atoms with Crippen molar-refractivity contribution in [3.05, 3.63) is 46.7 Å². The molecule has 1 saturated heterocycles. The molecule has 0 radical (unpaired) electrons. The molecule has 0 aliphatic carbocycles. The third-order valence-corrected chi connectivity index (χ3v) is 5.31. The van der Waals surface area contributed by atoms with E-state index in [0.717, 1.165) is 31.7 Å². The number of carbonyl (C=O) groups is 1. The predicted octanol–water partition coefficient (Wildman–Crippen LogP) is 3.83. The summed E-state index contributed by atoms with van der Waals surface area (Å²) in [5.41, 5.74) is 3.18. The number of benzene rings is 1. The smallest absolute Gasteiger partial charge is 0.253 e. The molecule has 1 atom stereocenters. The van der Waals surface area contributed by atoms with Crippen molar-refractivity contribution in [3.8, 4) is 11.1 Å². The van der Waals surface area contributed by atoms with Gasteiger partial charge in [-0.15, -0.1) is 0 Å². The van der Waals surface area contributed by atoms with Crippen molar-refractivity contribution < 1.29 is 4.79 Å². The maximum atomic E-state index is 12.8. The molecule has 3 rings (SSSR count). The molecule has 0 spiro atoms. The number of hydrogen-bond acceptors (Lipinski definition) is 3. The lowest BCUT2D eigenvalue weighted by atomic mass is 10.0. The molecule has 23 heavy (non-hydrogen) atoms. The van der Waals surface area contributed by atoms with Gasteiger partial charge in [-0.25, -0.2) is 0 Å². The molecular weight excluding hydrogens is 304 g/mol. The number of nitrogens with zero attached hydrogens (tertiary/aromatic N) is 2. The zero-order valence-electron chi connectivity index (χ0n) is 13.9. The Morgan fingerprint density at radius 2 is 2.04 bits per heavy atom. The van der Waals surface area contributed by atoms with Crippen molar-refractivity contribution in [2.24, 2.45) is 5.92 Å². The first kappa shape index (κ1) is 16.2. The van der Waals surface area contributed by atoms with Crippen molar-refractivity contribution in [2.75, 3.05) is 33.2 Å². The van der Waals surface area contributed by atoms with Gasteiger partial charge in [-0.3, -0.25) is 4.79 Å². The minimum atomic E-state index is 0.152. The largest absolute Gasteiger partial charge is 0.339 e. The number of likely N-dealkylation sites (tertiary alicyclic amines) is 1. The summed E-state index contributed by atoms with van der Waals surface area (Å²) in [6.07, 6.45) is 1.19. The van der Waals surface area contributed by atoms with Gasteiger partial charge in [-0.1, -0.05) is 12.1 Å². The Morgan fingerprint density at radius 3 is 2.61 bits per heavy atom. The summed E-state index contributed by atoms with van der Waals surface area (Å²) in [5.74, 6) is 0.757. The highest BCUT2D eigenvalue weighted by Gasteiger charge is 2.24. The minimum Gasteiger partial charge on any atom is -0.339 e. The van der Waals surface area contributed by atoms with E-state index >= 15 is 0 Å². The van der Waals surface area contributed by atoms with Crippen molar-refractivity contribution in [1.82, 2.24) is 9.80 Å². The van der Waals surface area contributed by atoms with Crippen LogP contribution in [0.1, 0.15) is 23.7 Å². The molecular formula is C19H24N2OS. The molecule has 0 unspecified atom stereocenters. The van der Waals surface area contributed by atoms with Crippen LogP contribution in [0.25, 0.3) is 11.1 Å². The lowest BCUT2D eigenvalue weighted by molar-refractivity contribution is 0.0740. The number of carbonyl (C=O) groups excluding carboxylic acids is 1. The average Bonchev–Trinajstić information content (AvgIpc) is 3.24. The lowest BCUT2D eigenvalue weighted by Crippen LogP contribution is -2.36. The van der Waals surface area contributed by atoms with Crippen LogP contribution in [0, 0.1) is 5.92 Å². The molecule has 1 amide bonds. The van der Waals surface area contributed by atoms with Crippen LogP contribution in [0.5, 0.6) is 0 Å². The quantitative estimate of drug-likeness (QED) is 0.833. The maximum Gasteiger partial charge on any atom is 0.253 e. The van der Waals surface area contributed by atoms with Gasteiger partial charge in [-0.2, -0.15) is 11.3 Å². The fraction of sp³-hybridized carbons (Fsp3) is 0.421. The van der Waals surface area contributed by atoms with Crippen LogP contribution in [0.4, 0.5) is 0 Å². The number of hydrogen-bond donors (Lipinski definition) is 0. The summed E-state index contributed by atoms with van der Waals surface area (Å²) in [6.45, 7) is 5.94. The van der Waals surface area contributed by atoms with E-state index in [1.54, 1.807) is 11.3 Å². The highest BCUT2D eigenvalue weighted by molar-refractivity contribution is 7.08. The Hall–Kier alpha value is -1.65. The fourth-order valence-corrected chi connectivity index (χ4v) is 3.92. The first-order chi connectivity index (χ1) is 11.2. The third kappa shape index (κ3) is 3.82. The first-order valence-corrected chi connectivity index (χ1v) is 9.22. The predicted molar refractivity (Wildman–Crippen MR) is 96.9 cm³/mol. The van der Waals surface area contributed by atoms with Gasteiger partial charge in [0.15, 0.2) is 0 Å². The Bertz CT molecular complexity index is 636. The van der Waals surface area contributed by atoms with Crippen LogP contribution in [-0.2, 0) is 0 Å². The second-order valence-electron chi connectivity index (χ2n) is 6.35. The second kappa shape index (κ2) is 7.28. The number of thiophene rings is 1. The lowest BCUT2D eigenvalue weighted by Gasteiger charge is -2.24. The molecule has 0 bridgehead atoms. The van der Waals surface area contributed by atoms with Crippen LogP contribution < -0.4 is 0 Å². The van der Waals surface area contributed by atoms with Gasteiger partial charge < -0.3 is 9.80 Å². The van der Waals surface area contributed by atoms with Crippen molar-refractivity contribution >= 4 is 17.2 Å². The summed E-state index contributed by atoms with van der Waals surface area (Å²) in [7, 11) is 2.15. The van der Waals surface area contributed by atoms with Gasteiger partial charge >= 0.3 is 0 Å². The Labute approximate surface area is 142 Å². The SMILES string of the molecule is CCN(C[C@@H]1CCN(C)C1)C(=O)c1ccc(-c2ccsc2)cc1. The van der Waals surface area contributed by atoms with Crippen molar-refractivity contribution in [3.63, 3.8) is 0 Å². The summed E-state index contributed by atoms with van der Waals surface area (Å²) in [4.78, 5) is 17.1. The molecule has 2 aromatic rings. The molecule has 1 aliphatic heterocycles. The van der Waals surface area contributed by atoms with E-state index in [9.17, 15) is 4.79 Å². The van der Waals surface area contributed by atoms with E-state index < -0.39 is 0 Å². The molecule has 0 N–H and O–H groups in total. The van der Waals surface area contributed by atoms with E-state index in [1.165, 1.54) is 17.5 Å². The summed E-state index contributed by atoms with van der Waals surface area (Å²) >= 11 is 1.69. The highest BCUT2D eigenvalue weighted by atomic mass is 32.1. The zero-order valence-corrected chi connectivity index (χ0v) is 14.7. The standard InChI is InChI=1S/C19H24N2OS/c1-3-21(13-15-8-10-20(2)12-15)19(22)17-6-4-16(5-7-17)18-9-11-23-14-18/h4-7,9,11,14-15H,3,8,10,12-13H2,1-2H3/t15-/m1/s1. The van der Waals surface area contributed by atoms with E-state index in [4.69, 9.17) is 0 Å². The normalized spacial score (nSPS) is 18.3. The fourth-order valence-electron chi connectivity index (χ4n) is 3.26. The van der Waals surface area contributed by atoms with Gasteiger partial charge in [0.2, 0.25) is 0 Å². The Kier molecular flexibility index (Phi) is 5.13. The van der Waals surface area contributed by atoms with Crippen LogP contribution in [-0.4, -0.2) is 48.9 Å². The molecule has 1 aromatic carbocycles. The third-order valence-electron chi connectivity index (χ3n) is 4.62. The topological polar surface area (TPSA) is 23.6 Å². The van der Waals surface area contributed by atoms with Crippen molar-refractivity contribution in [2.45, 2.75) is 13.3 Å². The molecule has 1 fully saturated rings. The van der Waals surface area contributed by atoms with Crippen molar-refractivity contribution in [1.29, 1.82) is 0 Å². The zero-order chi connectivity index (χ0) is 16.2. The molecule has 3 nitrogen and oxygen atoms in total. The van der Waals surface area contributed by atoms with Crippen LogP contribution in [0.2, 0.25) is 0 Å². The minimum absolute atomic E-state index is 0.152. The summed E-state index contributed by atoms with van der Waals surface area (Å²) in [6, 6.07) is 10.1. The van der Waals surface area contributed by atoms with E-state index in [-0.39, 0.29) is 5.91 Å². The first-order valence-electron chi connectivity index (χ1n) is 8.28. The molecule has 2 heterocycles. The van der Waals surface area contributed by atoms with E-state index in [0.29, 0.717) is 5.92 Å². The number of amides is 1. The van der Waals surface area contributed by atoms with Gasteiger partial charge in [-0.05, 0) is 72.9 Å². The second-order valence-corrected chi connectivity index (χ2v) is 7.13. The van der Waals surface area contributed by atoms with E-state index in [1.807, 2.05) is 29.2 Å². The highest BCUT2D eigenvalue weighted by Crippen LogP contribution is 2.23. The number of rotatable bonds is 5. The molecule has 0 saturated carbocycles. The monoisotopic (exact) mass is 328 g/mol. The van der Waals surface area contributed by atoms with Crippen LogP contribution in [0.15, 0.2) is 41.1 Å². The molecule has 122 valence electrons. The van der Waals surface area contributed by atoms with Gasteiger partial charge in [0.05, 0.1) is 0 Å². The van der Waals surface area contributed by atoms with Gasteiger partial charge in [0.1, 0.15) is 0 Å². The molecule has 1 aromatic heterocycles. The summed E-state index contributed by atoms with van der Waals surface area (Å²) < 4.78 is 0. The van der Waals surface area contributed by atoms with Crippen LogP contribution >= 0.6 is 11.3 Å². The van der Waals surface area contributed by atoms with Crippen LogP contribution in [0.3, 0.4) is 0 Å². The Balaban J connectivity index is 1.68. The van der Waals surface area contributed by atoms with Gasteiger partial charge in [0.25, 0.3) is 5.91 Å². The summed E-state index contributed by atoms with van der Waals surface area (Å²) in [5, 5.41) is 4.21. The maximum absolute atomic E-state index is 12.8. The van der Waals surface area contributed by atoms with Gasteiger partial charge in [0, 0.05) is 25.2 Å². The molecule has 1 aliphatic rings. The molecule has 4 heteroatoms.